The molecule has 0 aromatic heterocycles. The highest BCUT2D eigenvalue weighted by Gasteiger charge is 2.05. The Morgan fingerprint density at radius 3 is 2.42 bits per heavy atom. The Kier molecular flexibility index (Phi) is 2.44. The van der Waals surface area contributed by atoms with Crippen LogP contribution in [0.3, 0.4) is 0 Å². The fraction of sp³-hybridized carbons (Fsp3) is 0.0909. The number of Topliss-reactive ketones (excluding diaryl/α,β-unsaturated/α-hetero) is 1. The first-order chi connectivity index (χ1) is 5.63. The van der Waals surface area contributed by atoms with Gasteiger partial charge in [0, 0.05) is 5.57 Å². The molecule has 0 fully saturated rings. The molecular weight excluding hydrogens is 148 g/mol. The molecule has 1 heteroatoms. The summed E-state index contributed by atoms with van der Waals surface area (Å²) in [5.41, 5.74) is 2.21. The quantitative estimate of drug-likeness (QED) is 0.606. The Hall–Kier alpha value is -1.37. The summed E-state index contributed by atoms with van der Waals surface area (Å²) in [6.07, 6.45) is 0. The SMILES string of the molecule is [CH2]c1ccccc1C(=C)C(C)=O. The Morgan fingerprint density at radius 1 is 1.33 bits per heavy atom. The molecule has 0 bridgehead atoms. The van der Waals surface area contributed by atoms with Gasteiger partial charge >= 0.3 is 0 Å². The maximum atomic E-state index is 11.0. The van der Waals surface area contributed by atoms with Crippen LogP contribution < -0.4 is 0 Å². The highest BCUT2D eigenvalue weighted by molar-refractivity contribution is 6.19. The van der Waals surface area contributed by atoms with Crippen molar-refractivity contribution in [1.29, 1.82) is 0 Å². The van der Waals surface area contributed by atoms with E-state index in [1.165, 1.54) is 6.92 Å². The van der Waals surface area contributed by atoms with Gasteiger partial charge < -0.3 is 0 Å². The number of hydrogen-bond donors (Lipinski definition) is 0. The van der Waals surface area contributed by atoms with Crippen LogP contribution in [0.2, 0.25) is 0 Å². The standard InChI is InChI=1S/C11H11O/c1-8-6-4-5-7-11(8)9(2)10(3)12/h4-7H,1-2H2,3H3. The molecule has 0 aliphatic rings. The van der Waals surface area contributed by atoms with Crippen molar-refractivity contribution in [2.45, 2.75) is 6.92 Å². The van der Waals surface area contributed by atoms with Gasteiger partial charge in [0.15, 0.2) is 5.78 Å². The Labute approximate surface area is 72.7 Å². The van der Waals surface area contributed by atoms with Crippen LogP contribution in [0.5, 0.6) is 0 Å². The summed E-state index contributed by atoms with van der Waals surface area (Å²) >= 11 is 0. The van der Waals surface area contributed by atoms with E-state index in [-0.39, 0.29) is 5.78 Å². The van der Waals surface area contributed by atoms with Crippen molar-refractivity contribution in [3.63, 3.8) is 0 Å². The molecule has 1 radical (unpaired) electrons. The Bertz CT molecular complexity index is 324. The molecule has 12 heavy (non-hydrogen) atoms. The maximum Gasteiger partial charge on any atom is 0.159 e. The van der Waals surface area contributed by atoms with Crippen molar-refractivity contribution in [3.8, 4) is 0 Å². The highest BCUT2D eigenvalue weighted by atomic mass is 16.1. The number of carbonyl (C=O) groups excluding carboxylic acids is 1. The van der Waals surface area contributed by atoms with Gasteiger partial charge in [-0.05, 0) is 25.0 Å². The summed E-state index contributed by atoms with van der Waals surface area (Å²) in [6.45, 7) is 9.02. The van der Waals surface area contributed by atoms with E-state index in [1.54, 1.807) is 0 Å². The van der Waals surface area contributed by atoms with Crippen molar-refractivity contribution in [2.75, 3.05) is 0 Å². The molecule has 0 aliphatic heterocycles. The minimum absolute atomic E-state index is 0.00824. The van der Waals surface area contributed by atoms with Crippen LogP contribution in [0.4, 0.5) is 0 Å². The zero-order valence-corrected chi connectivity index (χ0v) is 7.13. The van der Waals surface area contributed by atoms with E-state index in [1.807, 2.05) is 24.3 Å². The lowest BCUT2D eigenvalue weighted by atomic mass is 10.00. The van der Waals surface area contributed by atoms with Gasteiger partial charge in [-0.3, -0.25) is 4.79 Å². The van der Waals surface area contributed by atoms with Gasteiger partial charge in [-0.15, -0.1) is 0 Å². The molecule has 0 saturated heterocycles. The number of ketones is 1. The van der Waals surface area contributed by atoms with Crippen LogP contribution in [0.15, 0.2) is 30.8 Å². The summed E-state index contributed by atoms with van der Waals surface area (Å²) in [4.78, 5) is 11.0. The molecule has 0 unspecified atom stereocenters. The smallest absolute Gasteiger partial charge is 0.159 e. The summed E-state index contributed by atoms with van der Waals surface area (Å²) in [5.74, 6) is -0.00824. The average molecular weight is 159 g/mol. The fourth-order valence-corrected chi connectivity index (χ4v) is 1.00. The largest absolute Gasteiger partial charge is 0.295 e. The maximum absolute atomic E-state index is 11.0. The zero-order valence-electron chi connectivity index (χ0n) is 7.13. The van der Waals surface area contributed by atoms with E-state index < -0.39 is 0 Å². The van der Waals surface area contributed by atoms with Crippen LogP contribution in [0, 0.1) is 6.92 Å². The number of benzene rings is 1. The molecule has 0 aliphatic carbocycles. The molecule has 0 N–H and O–H groups in total. The number of carbonyl (C=O) groups is 1. The number of hydrogen-bond acceptors (Lipinski definition) is 1. The first kappa shape index (κ1) is 8.72. The second-order valence-corrected chi connectivity index (χ2v) is 2.69. The number of rotatable bonds is 2. The molecule has 1 aromatic carbocycles. The molecule has 0 atom stereocenters. The van der Waals surface area contributed by atoms with Gasteiger partial charge in [0.05, 0.1) is 0 Å². The molecule has 0 amide bonds. The predicted molar refractivity (Wildman–Crippen MR) is 50.6 cm³/mol. The third-order valence-electron chi connectivity index (χ3n) is 1.77. The van der Waals surface area contributed by atoms with Crippen molar-refractivity contribution < 1.29 is 4.79 Å². The molecule has 1 aromatic rings. The summed E-state index contributed by atoms with van der Waals surface area (Å²) in [6, 6.07) is 7.48. The third kappa shape index (κ3) is 1.62. The predicted octanol–water partition coefficient (Wildman–Crippen LogP) is 2.47. The topological polar surface area (TPSA) is 17.1 Å². The van der Waals surface area contributed by atoms with Gasteiger partial charge in [-0.2, -0.15) is 0 Å². The van der Waals surface area contributed by atoms with Crippen LogP contribution in [0.25, 0.3) is 5.57 Å². The zero-order chi connectivity index (χ0) is 9.14. The van der Waals surface area contributed by atoms with Crippen LogP contribution in [-0.2, 0) is 4.79 Å². The van der Waals surface area contributed by atoms with Crippen LogP contribution >= 0.6 is 0 Å². The van der Waals surface area contributed by atoms with E-state index in [9.17, 15) is 4.79 Å². The summed E-state index contributed by atoms with van der Waals surface area (Å²) in [7, 11) is 0. The number of allylic oxidation sites excluding steroid dienone is 1. The lowest BCUT2D eigenvalue weighted by Gasteiger charge is -2.04. The van der Waals surface area contributed by atoms with Crippen LogP contribution in [0.1, 0.15) is 18.1 Å². The summed E-state index contributed by atoms with van der Waals surface area (Å²) in [5, 5.41) is 0. The van der Waals surface area contributed by atoms with E-state index in [0.717, 1.165) is 11.1 Å². The molecular formula is C11H11O. The second kappa shape index (κ2) is 3.35. The average Bonchev–Trinajstić information content (AvgIpc) is 2.04. The van der Waals surface area contributed by atoms with Crippen molar-refractivity contribution in [1.82, 2.24) is 0 Å². The van der Waals surface area contributed by atoms with Gasteiger partial charge in [0.2, 0.25) is 0 Å². The molecule has 61 valence electrons. The fourth-order valence-electron chi connectivity index (χ4n) is 1.00. The molecule has 0 spiro atoms. The summed E-state index contributed by atoms with van der Waals surface area (Å²) < 4.78 is 0. The van der Waals surface area contributed by atoms with Gasteiger partial charge in [0.1, 0.15) is 0 Å². The van der Waals surface area contributed by atoms with Crippen molar-refractivity contribution >= 4 is 11.4 Å². The minimum atomic E-state index is -0.00824. The first-order valence-corrected chi connectivity index (χ1v) is 3.74. The van der Waals surface area contributed by atoms with Crippen LogP contribution in [-0.4, -0.2) is 5.78 Å². The van der Waals surface area contributed by atoms with Gasteiger partial charge in [-0.25, -0.2) is 0 Å². The lowest BCUT2D eigenvalue weighted by molar-refractivity contribution is -0.111. The van der Waals surface area contributed by atoms with E-state index in [0.29, 0.717) is 5.57 Å². The second-order valence-electron chi connectivity index (χ2n) is 2.69. The molecule has 0 heterocycles. The highest BCUT2D eigenvalue weighted by Crippen LogP contribution is 2.16. The van der Waals surface area contributed by atoms with E-state index >= 15 is 0 Å². The minimum Gasteiger partial charge on any atom is -0.295 e. The van der Waals surface area contributed by atoms with Crippen molar-refractivity contribution in [2.24, 2.45) is 0 Å². The molecule has 0 saturated carbocycles. The molecule has 1 nitrogen and oxygen atoms in total. The third-order valence-corrected chi connectivity index (χ3v) is 1.77. The van der Waals surface area contributed by atoms with Gasteiger partial charge in [0.25, 0.3) is 0 Å². The van der Waals surface area contributed by atoms with E-state index in [2.05, 4.69) is 13.5 Å². The monoisotopic (exact) mass is 159 g/mol. The Morgan fingerprint density at radius 2 is 1.92 bits per heavy atom. The van der Waals surface area contributed by atoms with Crippen molar-refractivity contribution in [3.05, 3.63) is 48.9 Å². The molecule has 1 rings (SSSR count). The lowest BCUT2D eigenvalue weighted by Crippen LogP contribution is -1.95. The van der Waals surface area contributed by atoms with E-state index in [4.69, 9.17) is 0 Å². The normalized spacial score (nSPS) is 9.50. The Balaban J connectivity index is 3.11. The van der Waals surface area contributed by atoms with Gasteiger partial charge in [-0.1, -0.05) is 30.8 Å². The first-order valence-electron chi connectivity index (χ1n) is 3.74.